The first-order valence-corrected chi connectivity index (χ1v) is 12.1. The monoisotopic (exact) mass is 481 g/mol. The second-order valence-corrected chi connectivity index (χ2v) is 9.43. The molecule has 0 aliphatic heterocycles. The largest absolute Gasteiger partial charge is 0.484 e. The fraction of sp³-hybridized carbons (Fsp3) is 0.333. The van der Waals surface area contributed by atoms with Gasteiger partial charge in [0.2, 0.25) is 5.91 Å². The van der Waals surface area contributed by atoms with Crippen molar-refractivity contribution in [2.75, 3.05) is 11.4 Å². The minimum Gasteiger partial charge on any atom is -0.484 e. The topological polar surface area (TPSA) is 84.0 Å². The van der Waals surface area contributed by atoms with Crippen LogP contribution in [0.5, 0.6) is 5.75 Å². The predicted molar refractivity (Wildman–Crippen MR) is 128 cm³/mol. The van der Waals surface area contributed by atoms with Gasteiger partial charge in [-0.1, -0.05) is 53.7 Å². The number of amides is 1. The Hall–Kier alpha value is -3.02. The zero-order chi connectivity index (χ0) is 23.2. The van der Waals surface area contributed by atoms with Gasteiger partial charge in [-0.05, 0) is 44.0 Å². The Bertz CT molecular complexity index is 1140. The Morgan fingerprint density at radius 3 is 2.67 bits per heavy atom. The van der Waals surface area contributed by atoms with Crippen LogP contribution in [0.4, 0.5) is 5.69 Å². The van der Waals surface area contributed by atoms with Gasteiger partial charge in [0.15, 0.2) is 11.0 Å². The molecular weight excluding hydrogens is 458 g/mol. The molecule has 7 nitrogen and oxygen atoms in total. The Balaban J connectivity index is 1.49. The lowest BCUT2D eigenvalue weighted by molar-refractivity contribution is -0.117. The number of ether oxygens (including phenoxy) is 1. The van der Waals surface area contributed by atoms with E-state index < -0.39 is 5.25 Å². The predicted octanol–water partition coefficient (Wildman–Crippen LogP) is 5.27. The van der Waals surface area contributed by atoms with Crippen LogP contribution in [0.3, 0.4) is 0 Å². The Morgan fingerprint density at radius 1 is 1.24 bits per heavy atom. The first kappa shape index (κ1) is 23.1. The quantitative estimate of drug-likeness (QED) is 0.366. The zero-order valence-electron chi connectivity index (χ0n) is 18.2. The lowest BCUT2D eigenvalue weighted by Gasteiger charge is -2.25. The van der Waals surface area contributed by atoms with Gasteiger partial charge >= 0.3 is 0 Å². The fourth-order valence-corrected chi connectivity index (χ4v) is 4.64. The summed E-state index contributed by atoms with van der Waals surface area (Å²) >= 11 is 7.58. The van der Waals surface area contributed by atoms with Gasteiger partial charge in [0.25, 0.3) is 0 Å². The van der Waals surface area contributed by atoms with E-state index in [4.69, 9.17) is 21.6 Å². The standard InChI is InChI=1S/C24H24ClN5O2S/c1-17(23(31)29(15-7-14-26)18-8-3-2-4-9-18)33-24-28-27-22(30(24)19-12-13-19)16-32-21-11-6-5-10-20(21)25/h2-6,8-11,17,19H,7,12-13,15-16H2,1H3. The third-order valence-electron chi connectivity index (χ3n) is 5.25. The summed E-state index contributed by atoms with van der Waals surface area (Å²) in [7, 11) is 0. The molecule has 1 heterocycles. The van der Waals surface area contributed by atoms with Gasteiger partial charge in [-0.3, -0.25) is 9.36 Å². The molecule has 1 aliphatic rings. The first-order valence-electron chi connectivity index (χ1n) is 10.8. The molecule has 0 radical (unpaired) electrons. The number of halogens is 1. The van der Waals surface area contributed by atoms with Gasteiger partial charge < -0.3 is 9.64 Å². The maximum atomic E-state index is 13.3. The minimum atomic E-state index is -0.400. The molecule has 33 heavy (non-hydrogen) atoms. The summed E-state index contributed by atoms with van der Waals surface area (Å²) in [5.41, 5.74) is 0.780. The average Bonchev–Trinajstić information content (AvgIpc) is 3.60. The number of carbonyl (C=O) groups excluding carboxylic acids is 1. The maximum absolute atomic E-state index is 13.3. The molecule has 1 aromatic heterocycles. The molecule has 1 saturated carbocycles. The van der Waals surface area contributed by atoms with Gasteiger partial charge in [-0.15, -0.1) is 10.2 Å². The summed E-state index contributed by atoms with van der Waals surface area (Å²) in [6.07, 6.45) is 2.36. The lowest BCUT2D eigenvalue weighted by atomic mass is 10.2. The zero-order valence-corrected chi connectivity index (χ0v) is 19.8. The second kappa shape index (κ2) is 10.7. The normalized spacial score (nSPS) is 13.8. The van der Waals surface area contributed by atoms with E-state index >= 15 is 0 Å². The number of nitriles is 1. The SMILES string of the molecule is CC(Sc1nnc(COc2ccccc2Cl)n1C1CC1)C(=O)N(CCC#N)c1ccccc1. The molecule has 1 amide bonds. The van der Waals surface area contributed by atoms with E-state index in [0.29, 0.717) is 34.3 Å². The molecule has 2 aromatic carbocycles. The van der Waals surface area contributed by atoms with Crippen LogP contribution in [0.25, 0.3) is 0 Å². The van der Waals surface area contributed by atoms with Gasteiger partial charge in [0, 0.05) is 18.3 Å². The number of para-hydroxylation sites is 2. The number of nitrogens with zero attached hydrogens (tertiary/aromatic N) is 5. The van der Waals surface area contributed by atoms with Crippen molar-refractivity contribution in [3.05, 3.63) is 65.4 Å². The number of carbonyl (C=O) groups is 1. The van der Waals surface area contributed by atoms with E-state index in [1.54, 1.807) is 11.0 Å². The van der Waals surface area contributed by atoms with Crippen LogP contribution in [-0.4, -0.2) is 32.5 Å². The van der Waals surface area contributed by atoms with Crippen LogP contribution in [0.2, 0.25) is 5.02 Å². The second-order valence-electron chi connectivity index (χ2n) is 7.71. The molecule has 0 bridgehead atoms. The van der Waals surface area contributed by atoms with Crippen molar-refractivity contribution < 1.29 is 9.53 Å². The van der Waals surface area contributed by atoms with Gasteiger partial charge in [0.1, 0.15) is 12.4 Å². The molecule has 1 fully saturated rings. The molecule has 3 aromatic rings. The number of aromatic nitrogens is 3. The van der Waals surface area contributed by atoms with Gasteiger partial charge in [0.05, 0.1) is 22.8 Å². The van der Waals surface area contributed by atoms with Gasteiger partial charge in [-0.25, -0.2) is 0 Å². The highest BCUT2D eigenvalue weighted by Gasteiger charge is 2.32. The van der Waals surface area contributed by atoms with Crippen LogP contribution < -0.4 is 9.64 Å². The Morgan fingerprint density at radius 2 is 1.97 bits per heavy atom. The Kier molecular flexibility index (Phi) is 7.53. The highest BCUT2D eigenvalue weighted by atomic mass is 35.5. The molecule has 0 N–H and O–H groups in total. The van der Waals surface area contributed by atoms with Crippen LogP contribution in [0, 0.1) is 11.3 Å². The molecule has 1 atom stereocenters. The highest BCUT2D eigenvalue weighted by molar-refractivity contribution is 8.00. The van der Waals surface area contributed by atoms with Crippen molar-refractivity contribution in [3.8, 4) is 11.8 Å². The summed E-state index contributed by atoms with van der Waals surface area (Å²) in [5.74, 6) is 1.24. The molecule has 0 saturated heterocycles. The highest BCUT2D eigenvalue weighted by Crippen LogP contribution is 2.40. The number of hydrogen-bond acceptors (Lipinski definition) is 6. The molecule has 0 spiro atoms. The van der Waals surface area contributed by atoms with E-state index in [0.717, 1.165) is 18.5 Å². The molecule has 1 unspecified atom stereocenters. The van der Waals surface area contributed by atoms with Gasteiger partial charge in [-0.2, -0.15) is 5.26 Å². The van der Waals surface area contributed by atoms with Crippen LogP contribution in [0.1, 0.15) is 38.1 Å². The average molecular weight is 482 g/mol. The molecule has 1 aliphatic carbocycles. The maximum Gasteiger partial charge on any atom is 0.240 e. The van der Waals surface area contributed by atoms with Crippen molar-refractivity contribution in [3.63, 3.8) is 0 Å². The van der Waals surface area contributed by atoms with E-state index in [1.165, 1.54) is 11.8 Å². The summed E-state index contributed by atoms with van der Waals surface area (Å²) in [6, 6.07) is 19.2. The summed E-state index contributed by atoms with van der Waals surface area (Å²) in [4.78, 5) is 15.0. The van der Waals surface area contributed by atoms with Crippen molar-refractivity contribution >= 4 is 35.0 Å². The van der Waals surface area contributed by atoms with E-state index in [2.05, 4.69) is 20.8 Å². The molecule has 170 valence electrons. The smallest absolute Gasteiger partial charge is 0.240 e. The van der Waals surface area contributed by atoms with Crippen molar-refractivity contribution in [2.45, 2.75) is 49.2 Å². The van der Waals surface area contributed by atoms with Crippen LogP contribution in [-0.2, 0) is 11.4 Å². The molecule has 9 heteroatoms. The number of thioether (sulfide) groups is 1. The summed E-state index contributed by atoms with van der Waals surface area (Å²) < 4.78 is 7.95. The van der Waals surface area contributed by atoms with Crippen molar-refractivity contribution in [2.24, 2.45) is 0 Å². The fourth-order valence-electron chi connectivity index (χ4n) is 3.45. The van der Waals surface area contributed by atoms with Crippen LogP contribution >= 0.6 is 23.4 Å². The minimum absolute atomic E-state index is 0.0688. The number of anilines is 1. The van der Waals surface area contributed by atoms with Crippen LogP contribution in [0.15, 0.2) is 59.8 Å². The molecular formula is C24H24ClN5O2S. The third kappa shape index (κ3) is 5.67. The number of hydrogen-bond donors (Lipinski definition) is 0. The van der Waals surface area contributed by atoms with E-state index in [1.807, 2.05) is 55.5 Å². The molecule has 4 rings (SSSR count). The van der Waals surface area contributed by atoms with Crippen molar-refractivity contribution in [1.29, 1.82) is 5.26 Å². The number of benzene rings is 2. The summed E-state index contributed by atoms with van der Waals surface area (Å²) in [6.45, 7) is 2.45. The van der Waals surface area contributed by atoms with Crippen molar-refractivity contribution in [1.82, 2.24) is 14.8 Å². The van der Waals surface area contributed by atoms with E-state index in [-0.39, 0.29) is 18.9 Å². The lowest BCUT2D eigenvalue weighted by Crippen LogP contribution is -2.37. The Labute approximate surface area is 202 Å². The third-order valence-corrected chi connectivity index (χ3v) is 6.61. The number of rotatable bonds is 10. The van der Waals surface area contributed by atoms with E-state index in [9.17, 15) is 4.79 Å². The first-order chi connectivity index (χ1) is 16.1. The summed E-state index contributed by atoms with van der Waals surface area (Å²) in [5, 5.41) is 18.6.